The van der Waals surface area contributed by atoms with Crippen molar-refractivity contribution >= 4 is 5.97 Å². The van der Waals surface area contributed by atoms with E-state index in [1.807, 2.05) is 0 Å². The smallest absolute Gasteiger partial charge is 0.303 e. The minimum atomic E-state index is -0.669. The quantitative estimate of drug-likeness (QED) is 0.225. The summed E-state index contributed by atoms with van der Waals surface area (Å²) < 4.78 is 0. The molecule has 0 aromatic rings. The van der Waals surface area contributed by atoms with Gasteiger partial charge in [-0.05, 0) is 44.9 Å². The van der Waals surface area contributed by atoms with Crippen molar-refractivity contribution in [2.75, 3.05) is 0 Å². The molecule has 0 fully saturated rings. The molecule has 138 valence electrons. The van der Waals surface area contributed by atoms with Crippen molar-refractivity contribution in [2.24, 2.45) is 0 Å². The summed E-state index contributed by atoms with van der Waals surface area (Å²) in [6.07, 6.45) is 29.2. The first-order valence-electron chi connectivity index (χ1n) is 9.94. The highest BCUT2D eigenvalue weighted by Gasteiger charge is 1.96. The van der Waals surface area contributed by atoms with Crippen LogP contribution in [0.5, 0.6) is 0 Å². The number of rotatable bonds is 17. The van der Waals surface area contributed by atoms with Gasteiger partial charge in [-0.2, -0.15) is 0 Å². The van der Waals surface area contributed by atoms with Crippen molar-refractivity contribution in [3.8, 4) is 0 Å². The average molecular weight is 335 g/mol. The molecule has 0 aliphatic heterocycles. The van der Waals surface area contributed by atoms with E-state index in [0.29, 0.717) is 6.42 Å². The van der Waals surface area contributed by atoms with Gasteiger partial charge in [0.25, 0.3) is 0 Å². The van der Waals surface area contributed by atoms with Crippen LogP contribution in [0.2, 0.25) is 0 Å². The number of unbranched alkanes of at least 4 members (excludes halogenated alkanes) is 9. The molecule has 0 aliphatic carbocycles. The van der Waals surface area contributed by atoms with Crippen molar-refractivity contribution in [3.63, 3.8) is 0 Å². The normalized spacial score (nSPS) is 12.0. The highest BCUT2D eigenvalue weighted by molar-refractivity contribution is 5.66. The van der Waals surface area contributed by atoms with E-state index < -0.39 is 5.97 Å². The summed E-state index contributed by atoms with van der Waals surface area (Å²) in [7, 11) is 0. The molecule has 2 heteroatoms. The molecule has 0 bridgehead atoms. The summed E-state index contributed by atoms with van der Waals surface area (Å²) in [6, 6.07) is 0. The number of carboxylic acids is 1. The van der Waals surface area contributed by atoms with E-state index >= 15 is 0 Å². The second kappa shape index (κ2) is 19.7. The summed E-state index contributed by atoms with van der Waals surface area (Å²) in [5, 5.41) is 8.54. The van der Waals surface area contributed by atoms with Crippen LogP contribution in [0, 0.1) is 0 Å². The number of carboxylic acid groups (broad SMARTS) is 1. The van der Waals surface area contributed by atoms with Crippen LogP contribution in [-0.4, -0.2) is 11.1 Å². The van der Waals surface area contributed by atoms with E-state index in [1.165, 1.54) is 57.8 Å². The number of aliphatic carboxylic acids is 1. The first-order valence-corrected chi connectivity index (χ1v) is 9.94. The minimum absolute atomic E-state index is 0.324. The number of allylic oxidation sites excluding steroid dienone is 6. The summed E-state index contributed by atoms with van der Waals surface area (Å²) in [5.74, 6) is -0.669. The molecule has 0 saturated heterocycles. The van der Waals surface area contributed by atoms with Crippen molar-refractivity contribution in [1.29, 1.82) is 0 Å². The van der Waals surface area contributed by atoms with Crippen LogP contribution in [-0.2, 0) is 4.79 Å². The topological polar surface area (TPSA) is 37.3 Å². The van der Waals surface area contributed by atoms with Gasteiger partial charge in [0.1, 0.15) is 0 Å². The Kier molecular flexibility index (Phi) is 18.7. The molecule has 0 aromatic carbocycles. The van der Waals surface area contributed by atoms with Gasteiger partial charge in [0.05, 0.1) is 0 Å². The monoisotopic (exact) mass is 334 g/mol. The summed E-state index contributed by atoms with van der Waals surface area (Å²) in [5.41, 5.74) is 0. The van der Waals surface area contributed by atoms with E-state index in [4.69, 9.17) is 5.11 Å². The lowest BCUT2D eigenvalue weighted by Gasteiger charge is -1.99. The van der Waals surface area contributed by atoms with Crippen LogP contribution < -0.4 is 0 Å². The lowest BCUT2D eigenvalue weighted by Crippen LogP contribution is -1.93. The molecule has 0 rings (SSSR count). The number of hydrogen-bond donors (Lipinski definition) is 1. The van der Waals surface area contributed by atoms with E-state index in [1.54, 1.807) is 0 Å². The highest BCUT2D eigenvalue weighted by Crippen LogP contribution is 2.09. The maximum Gasteiger partial charge on any atom is 0.303 e. The largest absolute Gasteiger partial charge is 0.481 e. The Balaban J connectivity index is 3.26. The fraction of sp³-hybridized carbons (Fsp3) is 0.682. The standard InChI is InChI=1S/C22H38O2/c1-2-3-4-5-6-7-8-9-10-11-12-13-14-15-16-17-18-19-20-21-22(23)24/h6-7,9-10,12-13H,2-5,8,11,14-21H2,1H3,(H,23,24). The van der Waals surface area contributed by atoms with Gasteiger partial charge >= 0.3 is 5.97 Å². The predicted octanol–water partition coefficient (Wildman–Crippen LogP) is 7.22. The zero-order valence-electron chi connectivity index (χ0n) is 15.7. The van der Waals surface area contributed by atoms with Crippen molar-refractivity contribution in [1.82, 2.24) is 0 Å². The summed E-state index contributed by atoms with van der Waals surface area (Å²) >= 11 is 0. The Morgan fingerprint density at radius 3 is 1.67 bits per heavy atom. The SMILES string of the molecule is CCCCCC=CCC=CCC=CCCCCCCCCC(=O)O. The van der Waals surface area contributed by atoms with E-state index in [9.17, 15) is 4.79 Å². The molecule has 0 aromatic heterocycles. The molecule has 0 atom stereocenters. The van der Waals surface area contributed by atoms with Crippen LogP contribution in [0.25, 0.3) is 0 Å². The zero-order chi connectivity index (χ0) is 17.7. The van der Waals surface area contributed by atoms with E-state index in [2.05, 4.69) is 43.4 Å². The second-order valence-corrected chi connectivity index (χ2v) is 6.44. The van der Waals surface area contributed by atoms with Crippen molar-refractivity contribution < 1.29 is 9.90 Å². The molecule has 1 N–H and O–H groups in total. The molecule has 2 nitrogen and oxygen atoms in total. The maximum atomic E-state index is 10.4. The molecular formula is C22H38O2. The Morgan fingerprint density at radius 1 is 0.667 bits per heavy atom. The Labute approximate surface area is 149 Å². The van der Waals surface area contributed by atoms with Gasteiger partial charge in [-0.15, -0.1) is 0 Å². The number of carbonyl (C=O) groups is 1. The molecular weight excluding hydrogens is 296 g/mol. The van der Waals surface area contributed by atoms with E-state index in [-0.39, 0.29) is 0 Å². The molecule has 0 spiro atoms. The van der Waals surface area contributed by atoms with Gasteiger partial charge in [0.2, 0.25) is 0 Å². The first kappa shape index (κ1) is 22.7. The average Bonchev–Trinajstić information content (AvgIpc) is 2.56. The molecule has 0 aliphatic rings. The molecule has 0 saturated carbocycles. The summed E-state index contributed by atoms with van der Waals surface area (Å²) in [4.78, 5) is 10.4. The Hall–Kier alpha value is -1.31. The predicted molar refractivity (Wildman–Crippen MR) is 105 cm³/mol. The summed E-state index contributed by atoms with van der Waals surface area (Å²) in [6.45, 7) is 2.24. The fourth-order valence-electron chi connectivity index (χ4n) is 2.54. The van der Waals surface area contributed by atoms with Crippen LogP contribution in [0.15, 0.2) is 36.5 Å². The maximum absolute atomic E-state index is 10.4. The third-order valence-electron chi connectivity index (χ3n) is 4.03. The molecule has 24 heavy (non-hydrogen) atoms. The van der Waals surface area contributed by atoms with Crippen LogP contribution in [0.3, 0.4) is 0 Å². The fourth-order valence-corrected chi connectivity index (χ4v) is 2.54. The van der Waals surface area contributed by atoms with E-state index in [0.717, 1.165) is 25.7 Å². The zero-order valence-corrected chi connectivity index (χ0v) is 15.7. The van der Waals surface area contributed by atoms with Crippen LogP contribution in [0.1, 0.15) is 96.8 Å². The van der Waals surface area contributed by atoms with Gasteiger partial charge in [-0.25, -0.2) is 0 Å². The Bertz CT molecular complexity index is 353. The number of hydrogen-bond acceptors (Lipinski definition) is 1. The molecule has 0 radical (unpaired) electrons. The molecule has 0 heterocycles. The second-order valence-electron chi connectivity index (χ2n) is 6.44. The molecule has 0 unspecified atom stereocenters. The van der Waals surface area contributed by atoms with Crippen molar-refractivity contribution in [3.05, 3.63) is 36.5 Å². The van der Waals surface area contributed by atoms with Crippen LogP contribution >= 0.6 is 0 Å². The van der Waals surface area contributed by atoms with Gasteiger partial charge in [-0.3, -0.25) is 4.79 Å². The molecule has 0 amide bonds. The van der Waals surface area contributed by atoms with Crippen molar-refractivity contribution in [2.45, 2.75) is 96.8 Å². The lowest BCUT2D eigenvalue weighted by molar-refractivity contribution is -0.137. The highest BCUT2D eigenvalue weighted by atomic mass is 16.4. The third-order valence-corrected chi connectivity index (χ3v) is 4.03. The van der Waals surface area contributed by atoms with Gasteiger partial charge in [0, 0.05) is 6.42 Å². The third kappa shape index (κ3) is 20.7. The van der Waals surface area contributed by atoms with Gasteiger partial charge < -0.3 is 5.11 Å². The van der Waals surface area contributed by atoms with Crippen LogP contribution in [0.4, 0.5) is 0 Å². The van der Waals surface area contributed by atoms with Gasteiger partial charge in [0.15, 0.2) is 0 Å². The van der Waals surface area contributed by atoms with Gasteiger partial charge in [-0.1, -0.05) is 81.9 Å². The Morgan fingerprint density at radius 2 is 1.12 bits per heavy atom. The first-order chi connectivity index (χ1) is 11.8. The minimum Gasteiger partial charge on any atom is -0.481 e. The lowest BCUT2D eigenvalue weighted by atomic mass is 10.1.